The Bertz CT molecular complexity index is 658. The Morgan fingerprint density at radius 2 is 1.75 bits per heavy atom. The van der Waals surface area contributed by atoms with Gasteiger partial charge in [0, 0.05) is 42.3 Å². The highest BCUT2D eigenvalue weighted by atomic mass is 32.2. The van der Waals surface area contributed by atoms with Crippen molar-refractivity contribution in [2.24, 2.45) is 0 Å². The fraction of sp³-hybridized carbons (Fsp3) is 0.471. The van der Waals surface area contributed by atoms with Gasteiger partial charge in [-0.15, -0.1) is 0 Å². The monoisotopic (exact) mass is 349 g/mol. The number of thioether (sulfide) groups is 1. The summed E-state index contributed by atoms with van der Waals surface area (Å²) in [5, 5.41) is 7.37. The molecule has 2 heterocycles. The Kier molecular flexibility index (Phi) is 5.52. The molecule has 1 aromatic heterocycles. The van der Waals surface area contributed by atoms with Crippen molar-refractivity contribution in [3.05, 3.63) is 23.9 Å². The first-order valence-electron chi connectivity index (χ1n) is 7.89. The number of benzene rings is 1. The van der Waals surface area contributed by atoms with Gasteiger partial charge in [0.15, 0.2) is 11.5 Å². The number of aromatic nitrogens is 2. The van der Waals surface area contributed by atoms with Crippen molar-refractivity contribution >= 4 is 11.8 Å². The molecule has 0 amide bonds. The van der Waals surface area contributed by atoms with Crippen molar-refractivity contribution in [3.63, 3.8) is 0 Å². The molecule has 1 aliphatic heterocycles. The summed E-state index contributed by atoms with van der Waals surface area (Å²) in [5.74, 6) is 4.26. The molecule has 6 nitrogen and oxygen atoms in total. The van der Waals surface area contributed by atoms with Crippen molar-refractivity contribution in [3.8, 4) is 28.5 Å². The number of hydrogen-bond donors (Lipinski definition) is 1. The molecule has 0 unspecified atom stereocenters. The molecule has 0 radical (unpaired) electrons. The van der Waals surface area contributed by atoms with Crippen LogP contribution < -0.4 is 14.2 Å². The van der Waals surface area contributed by atoms with E-state index in [1.165, 1.54) is 17.1 Å². The van der Waals surface area contributed by atoms with Crippen molar-refractivity contribution in [2.75, 3.05) is 45.9 Å². The Hall–Kier alpha value is -1.86. The number of nitrogens with one attached hydrogen (secondary N) is 1. The number of H-pyrrole nitrogens is 1. The van der Waals surface area contributed by atoms with Gasteiger partial charge in [-0.25, -0.2) is 0 Å². The molecule has 0 spiro atoms. The van der Waals surface area contributed by atoms with Crippen LogP contribution in [0.25, 0.3) is 11.3 Å². The van der Waals surface area contributed by atoms with Crippen LogP contribution in [0.15, 0.2) is 18.3 Å². The van der Waals surface area contributed by atoms with E-state index >= 15 is 0 Å². The van der Waals surface area contributed by atoms with E-state index in [0.29, 0.717) is 17.2 Å². The lowest BCUT2D eigenvalue weighted by atomic mass is 10.1. The van der Waals surface area contributed by atoms with Gasteiger partial charge in [0.2, 0.25) is 5.75 Å². The van der Waals surface area contributed by atoms with Gasteiger partial charge in [-0.1, -0.05) is 0 Å². The fourth-order valence-corrected chi connectivity index (χ4v) is 3.89. The number of aromatic amines is 1. The zero-order valence-electron chi connectivity index (χ0n) is 14.3. The third-order valence-electron chi connectivity index (χ3n) is 4.17. The summed E-state index contributed by atoms with van der Waals surface area (Å²) in [6, 6.07) is 3.90. The first-order valence-corrected chi connectivity index (χ1v) is 9.05. The van der Waals surface area contributed by atoms with E-state index in [1.807, 2.05) is 30.1 Å². The average molecular weight is 349 g/mol. The van der Waals surface area contributed by atoms with Gasteiger partial charge in [-0.05, 0) is 12.1 Å². The summed E-state index contributed by atoms with van der Waals surface area (Å²) in [4.78, 5) is 2.46. The van der Waals surface area contributed by atoms with E-state index < -0.39 is 0 Å². The highest BCUT2D eigenvalue weighted by molar-refractivity contribution is 7.99. The molecule has 0 saturated carbocycles. The quantitative estimate of drug-likeness (QED) is 0.865. The molecule has 1 saturated heterocycles. The smallest absolute Gasteiger partial charge is 0.203 e. The predicted molar refractivity (Wildman–Crippen MR) is 96.3 cm³/mol. The summed E-state index contributed by atoms with van der Waals surface area (Å²) < 4.78 is 16.3. The molecule has 130 valence electrons. The maximum Gasteiger partial charge on any atom is 0.203 e. The van der Waals surface area contributed by atoms with Crippen LogP contribution in [0.1, 0.15) is 5.56 Å². The molecule has 7 heteroatoms. The first-order chi connectivity index (χ1) is 11.8. The number of methoxy groups -OCH3 is 3. The predicted octanol–water partition coefficient (Wildman–Crippen LogP) is 2.65. The van der Waals surface area contributed by atoms with E-state index in [4.69, 9.17) is 14.2 Å². The van der Waals surface area contributed by atoms with Gasteiger partial charge in [0.1, 0.15) is 0 Å². The minimum Gasteiger partial charge on any atom is -0.493 e. The molecule has 0 atom stereocenters. The molecule has 0 aliphatic carbocycles. The normalized spacial score (nSPS) is 15.3. The Balaban J connectivity index is 1.93. The molecular formula is C17H23N3O3S. The number of nitrogens with zero attached hydrogens (tertiary/aromatic N) is 2. The van der Waals surface area contributed by atoms with Crippen LogP contribution in [0.3, 0.4) is 0 Å². The second-order valence-corrected chi connectivity index (χ2v) is 6.80. The Morgan fingerprint density at radius 1 is 1.08 bits per heavy atom. The van der Waals surface area contributed by atoms with Crippen LogP contribution in [0, 0.1) is 0 Å². The summed E-state index contributed by atoms with van der Waals surface area (Å²) in [6.45, 7) is 3.12. The summed E-state index contributed by atoms with van der Waals surface area (Å²) in [7, 11) is 4.86. The molecular weight excluding hydrogens is 326 g/mol. The van der Waals surface area contributed by atoms with Crippen LogP contribution in [0.2, 0.25) is 0 Å². The fourth-order valence-electron chi connectivity index (χ4n) is 2.91. The van der Waals surface area contributed by atoms with Crippen LogP contribution in [0.4, 0.5) is 0 Å². The molecule has 1 aromatic carbocycles. The molecule has 24 heavy (non-hydrogen) atoms. The zero-order chi connectivity index (χ0) is 16.9. The molecule has 3 rings (SSSR count). The van der Waals surface area contributed by atoms with E-state index in [1.54, 1.807) is 21.3 Å². The largest absolute Gasteiger partial charge is 0.493 e. The van der Waals surface area contributed by atoms with Gasteiger partial charge < -0.3 is 14.2 Å². The SMILES string of the molecule is COc1cc(-c2[nH]ncc2CN2CCSCC2)cc(OC)c1OC. The van der Waals surface area contributed by atoms with Crippen molar-refractivity contribution < 1.29 is 14.2 Å². The lowest BCUT2D eigenvalue weighted by Crippen LogP contribution is -2.32. The lowest BCUT2D eigenvalue weighted by molar-refractivity contribution is 0.295. The second kappa shape index (κ2) is 7.81. The maximum atomic E-state index is 5.45. The van der Waals surface area contributed by atoms with Crippen molar-refractivity contribution in [1.82, 2.24) is 15.1 Å². The third kappa shape index (κ3) is 3.47. The van der Waals surface area contributed by atoms with Crippen LogP contribution in [0.5, 0.6) is 17.2 Å². The van der Waals surface area contributed by atoms with Crippen molar-refractivity contribution in [1.29, 1.82) is 0 Å². The minimum atomic E-state index is 0.595. The lowest BCUT2D eigenvalue weighted by Gasteiger charge is -2.26. The molecule has 1 fully saturated rings. The molecule has 1 N–H and O–H groups in total. The highest BCUT2D eigenvalue weighted by Gasteiger charge is 2.19. The summed E-state index contributed by atoms with van der Waals surface area (Å²) in [6.07, 6.45) is 1.90. The van der Waals surface area contributed by atoms with E-state index in [2.05, 4.69) is 15.1 Å². The minimum absolute atomic E-state index is 0.595. The Labute approximate surface area is 146 Å². The van der Waals surface area contributed by atoms with E-state index in [-0.39, 0.29) is 0 Å². The number of hydrogen-bond acceptors (Lipinski definition) is 6. The van der Waals surface area contributed by atoms with E-state index in [9.17, 15) is 0 Å². The second-order valence-electron chi connectivity index (χ2n) is 5.57. The molecule has 0 bridgehead atoms. The van der Waals surface area contributed by atoms with Crippen LogP contribution in [-0.2, 0) is 6.54 Å². The van der Waals surface area contributed by atoms with Crippen molar-refractivity contribution in [2.45, 2.75) is 6.54 Å². The standard InChI is InChI=1S/C17H23N3O3S/c1-21-14-8-12(9-15(22-2)17(14)23-3)16-13(10-18-19-16)11-20-4-6-24-7-5-20/h8-10H,4-7,11H2,1-3H3,(H,18,19). The van der Waals surface area contributed by atoms with Gasteiger partial charge in [-0.2, -0.15) is 16.9 Å². The van der Waals surface area contributed by atoms with Gasteiger partial charge in [0.25, 0.3) is 0 Å². The summed E-state index contributed by atoms with van der Waals surface area (Å²) >= 11 is 2.01. The topological polar surface area (TPSA) is 59.6 Å². The van der Waals surface area contributed by atoms with Gasteiger partial charge in [-0.3, -0.25) is 10.00 Å². The van der Waals surface area contributed by atoms with Crippen LogP contribution >= 0.6 is 11.8 Å². The molecule has 2 aromatic rings. The highest BCUT2D eigenvalue weighted by Crippen LogP contribution is 2.41. The van der Waals surface area contributed by atoms with E-state index in [0.717, 1.165) is 30.9 Å². The average Bonchev–Trinajstić information content (AvgIpc) is 3.09. The van der Waals surface area contributed by atoms with Gasteiger partial charge >= 0.3 is 0 Å². The first kappa shape index (κ1) is 17.0. The summed E-state index contributed by atoms with van der Waals surface area (Å²) in [5.41, 5.74) is 3.15. The van der Waals surface area contributed by atoms with Gasteiger partial charge in [0.05, 0.1) is 33.2 Å². The Morgan fingerprint density at radius 3 is 2.33 bits per heavy atom. The van der Waals surface area contributed by atoms with Crippen LogP contribution in [-0.4, -0.2) is 61.0 Å². The number of rotatable bonds is 6. The zero-order valence-corrected chi connectivity index (χ0v) is 15.1. The third-order valence-corrected chi connectivity index (χ3v) is 5.11. The maximum absolute atomic E-state index is 5.45. The molecule has 1 aliphatic rings. The number of ether oxygens (including phenoxy) is 3.